The van der Waals surface area contributed by atoms with Crippen molar-refractivity contribution in [2.24, 2.45) is 5.92 Å². The zero-order valence-electron chi connectivity index (χ0n) is 32.7. The Morgan fingerprint density at radius 1 is 1.11 bits per heavy atom. The number of ether oxygens (including phenoxy) is 2. The maximum atomic E-state index is 14.8. The Morgan fingerprint density at radius 3 is 2.39 bits per heavy atom. The maximum absolute atomic E-state index is 14.8. The van der Waals surface area contributed by atoms with Crippen molar-refractivity contribution in [1.29, 1.82) is 0 Å². The van der Waals surface area contributed by atoms with Gasteiger partial charge in [0.15, 0.2) is 13.2 Å². The smallest absolute Gasteiger partial charge is 0.408 e. The fourth-order valence-electron chi connectivity index (χ4n) is 6.44. The van der Waals surface area contributed by atoms with Crippen LogP contribution >= 0.6 is 0 Å². The van der Waals surface area contributed by atoms with Crippen LogP contribution in [0.15, 0.2) is 41.3 Å². The number of allylic oxidation sites excluding steroid dienone is 1. The Morgan fingerprint density at radius 2 is 1.78 bits per heavy atom. The summed E-state index contributed by atoms with van der Waals surface area (Å²) < 4.78 is 47.1. The number of para-hydroxylation sites is 1. The second kappa shape index (κ2) is 16.1. The molecule has 0 spiro atoms. The van der Waals surface area contributed by atoms with E-state index < -0.39 is 99.5 Å². The molecule has 2 fully saturated rings. The van der Waals surface area contributed by atoms with Crippen LogP contribution in [0.4, 0.5) is 10.5 Å². The van der Waals surface area contributed by atoms with Crippen molar-refractivity contribution in [2.75, 3.05) is 26.2 Å². The maximum Gasteiger partial charge on any atom is 0.408 e. The van der Waals surface area contributed by atoms with Crippen LogP contribution < -0.4 is 10.6 Å². The summed E-state index contributed by atoms with van der Waals surface area (Å²) in [6.07, 6.45) is 2.81. The molecule has 3 aliphatic rings. The number of hydrogen-bond donors (Lipinski definition) is 2. The van der Waals surface area contributed by atoms with Crippen LogP contribution in [0.5, 0.6) is 0 Å². The van der Waals surface area contributed by atoms with Gasteiger partial charge >= 0.3 is 12.1 Å². The predicted molar refractivity (Wildman–Crippen MR) is 201 cm³/mol. The number of carbonyl (C=O) groups is 4. The molecule has 0 aromatic heterocycles. The fourth-order valence-corrected chi connectivity index (χ4v) is 9.45. The molecular weight excluding hydrogens is 739 g/mol. The van der Waals surface area contributed by atoms with E-state index in [1.54, 1.807) is 39.8 Å². The SMILES string of the molecule is CCOC(=O)[C@@]12C[C@H]1C=CCCCN(S(=O)(=O)c1ccccc1[N+](=O)[O-])CC(NC(=O)OC(C)(C)C)C(=O)N1C[C@H](O[Si](C)(C)C(C)(C)C)C[C@H]1C(=O)N2. The van der Waals surface area contributed by atoms with Crippen LogP contribution in [-0.4, -0.2) is 110 Å². The highest BCUT2D eigenvalue weighted by molar-refractivity contribution is 7.89. The van der Waals surface area contributed by atoms with Gasteiger partial charge in [-0.1, -0.05) is 45.1 Å². The molecule has 1 aromatic carbocycles. The van der Waals surface area contributed by atoms with Gasteiger partial charge in [-0.05, 0) is 71.2 Å². The molecule has 1 unspecified atom stereocenters. The third-order valence-electron chi connectivity index (χ3n) is 10.3. The molecule has 0 bridgehead atoms. The number of amides is 3. The molecule has 3 amide bonds. The lowest BCUT2D eigenvalue weighted by atomic mass is 10.1. The number of fused-ring (bicyclic) bond motifs is 2. The molecule has 300 valence electrons. The van der Waals surface area contributed by atoms with Gasteiger partial charge in [0.1, 0.15) is 23.2 Å². The number of benzene rings is 1. The van der Waals surface area contributed by atoms with E-state index in [2.05, 4.69) is 31.4 Å². The highest BCUT2D eigenvalue weighted by atomic mass is 32.2. The van der Waals surface area contributed by atoms with E-state index in [0.29, 0.717) is 6.42 Å². The summed E-state index contributed by atoms with van der Waals surface area (Å²) in [5, 5.41) is 17.2. The third kappa shape index (κ3) is 9.67. The quantitative estimate of drug-likeness (QED) is 0.125. The van der Waals surface area contributed by atoms with Crippen LogP contribution in [0.1, 0.15) is 74.1 Å². The minimum absolute atomic E-state index is 0.0669. The van der Waals surface area contributed by atoms with Gasteiger partial charge in [0, 0.05) is 38.0 Å². The molecule has 54 heavy (non-hydrogen) atoms. The molecule has 1 saturated heterocycles. The standard InChI is InChI=1S/C36H55N5O11SSi/c1-10-50-32(44)36-21-24(36)16-12-11-15-19-39(53(48,49)29-18-14-13-17-27(29)41(46)47)23-26(37-33(45)51-34(2,3)4)31(43)40-22-25(20-28(40)30(42)38-36)52-54(8,9)35(5,6)7/h12-14,16-18,24-26,28H,10-11,15,19-23H2,1-9H3,(H,37,45)(H,38,42)/t24-,25-,26?,28+,36-/m1/s1. The van der Waals surface area contributed by atoms with E-state index in [0.717, 1.165) is 16.4 Å². The number of nitro benzene ring substituents is 1. The van der Waals surface area contributed by atoms with Gasteiger partial charge in [-0.25, -0.2) is 18.0 Å². The van der Waals surface area contributed by atoms with Crippen LogP contribution in [-0.2, 0) is 38.3 Å². The molecule has 1 aromatic rings. The van der Waals surface area contributed by atoms with Crippen molar-refractivity contribution in [1.82, 2.24) is 19.8 Å². The minimum atomic E-state index is -4.65. The van der Waals surface area contributed by atoms with E-state index in [4.69, 9.17) is 13.9 Å². The van der Waals surface area contributed by atoms with Crippen LogP contribution in [0.2, 0.25) is 18.1 Å². The summed E-state index contributed by atoms with van der Waals surface area (Å²) in [6, 6.07) is 2.13. The van der Waals surface area contributed by atoms with E-state index in [-0.39, 0.29) is 44.0 Å². The molecule has 0 radical (unpaired) electrons. The Hall–Kier alpha value is -3.87. The van der Waals surface area contributed by atoms with Crippen molar-refractivity contribution in [3.63, 3.8) is 0 Å². The van der Waals surface area contributed by atoms with E-state index in [9.17, 15) is 37.7 Å². The first-order valence-corrected chi connectivity index (χ1v) is 22.7. The largest absolute Gasteiger partial charge is 0.464 e. The number of sulfonamides is 1. The average Bonchev–Trinajstić information content (AvgIpc) is 3.58. The Balaban J connectivity index is 1.84. The second-order valence-electron chi connectivity index (χ2n) is 16.6. The van der Waals surface area contributed by atoms with Crippen LogP contribution in [0, 0.1) is 16.0 Å². The van der Waals surface area contributed by atoms with Gasteiger partial charge in [0.25, 0.3) is 5.69 Å². The highest BCUT2D eigenvalue weighted by Crippen LogP contribution is 2.46. The van der Waals surface area contributed by atoms with Crippen LogP contribution in [0.3, 0.4) is 0 Å². The number of nitrogens with zero attached hydrogens (tertiary/aromatic N) is 3. The zero-order valence-corrected chi connectivity index (χ0v) is 34.5. The third-order valence-corrected chi connectivity index (χ3v) is 16.8. The van der Waals surface area contributed by atoms with Crippen LogP contribution in [0.25, 0.3) is 0 Å². The fraction of sp³-hybridized carbons (Fsp3) is 0.667. The van der Waals surface area contributed by atoms with Gasteiger partial charge in [0.05, 0.1) is 17.6 Å². The number of nitro groups is 1. The number of esters is 1. The summed E-state index contributed by atoms with van der Waals surface area (Å²) in [5.41, 5.74) is -3.00. The summed E-state index contributed by atoms with van der Waals surface area (Å²) >= 11 is 0. The molecule has 1 aliphatic carbocycles. The molecule has 1 saturated carbocycles. The molecule has 2 N–H and O–H groups in total. The summed E-state index contributed by atoms with van der Waals surface area (Å²) in [5.74, 6) is -2.43. The van der Waals surface area contributed by atoms with Crippen molar-refractivity contribution >= 4 is 47.9 Å². The van der Waals surface area contributed by atoms with Crippen molar-refractivity contribution in [3.8, 4) is 0 Å². The first-order valence-electron chi connectivity index (χ1n) is 18.3. The van der Waals surface area contributed by atoms with E-state index in [1.807, 2.05) is 13.1 Å². The van der Waals surface area contributed by atoms with Gasteiger partial charge in [0.2, 0.25) is 21.8 Å². The Bertz CT molecular complexity index is 1760. The molecule has 4 rings (SSSR count). The molecule has 18 heteroatoms. The number of alkyl carbamates (subject to hydrolysis) is 1. The van der Waals surface area contributed by atoms with Gasteiger partial charge in [-0.3, -0.25) is 19.7 Å². The Kier molecular flexibility index (Phi) is 12.8. The highest BCUT2D eigenvalue weighted by Gasteiger charge is 2.62. The number of nitrogens with one attached hydrogen (secondary N) is 2. The summed E-state index contributed by atoms with van der Waals surface area (Å²) in [6.45, 7) is 16.0. The first kappa shape index (κ1) is 42.9. The normalized spacial score (nSPS) is 26.1. The Labute approximate surface area is 318 Å². The molecule has 16 nitrogen and oxygen atoms in total. The second-order valence-corrected chi connectivity index (χ2v) is 23.3. The lowest BCUT2D eigenvalue weighted by molar-refractivity contribution is -0.387. The summed E-state index contributed by atoms with van der Waals surface area (Å²) in [4.78, 5) is 67.6. The molecule has 2 aliphatic heterocycles. The predicted octanol–water partition coefficient (Wildman–Crippen LogP) is 4.26. The molecule has 5 atom stereocenters. The van der Waals surface area contributed by atoms with E-state index >= 15 is 0 Å². The first-order chi connectivity index (χ1) is 24.9. The van der Waals surface area contributed by atoms with Gasteiger partial charge < -0.3 is 29.4 Å². The lowest BCUT2D eigenvalue weighted by Crippen LogP contribution is -2.59. The molecule has 2 heterocycles. The topological polar surface area (TPSA) is 204 Å². The van der Waals surface area contributed by atoms with Crippen molar-refractivity contribution < 1.29 is 46.4 Å². The zero-order chi connectivity index (χ0) is 40.4. The van der Waals surface area contributed by atoms with Gasteiger partial charge in [-0.15, -0.1) is 0 Å². The minimum Gasteiger partial charge on any atom is -0.464 e. The van der Waals surface area contributed by atoms with Crippen molar-refractivity contribution in [2.45, 2.75) is 127 Å². The molecular formula is C36H55N5O11SSi. The number of carbonyl (C=O) groups excluding carboxylic acids is 4. The number of rotatable bonds is 8. The lowest BCUT2D eigenvalue weighted by Gasteiger charge is -2.38. The average molecular weight is 794 g/mol. The summed E-state index contributed by atoms with van der Waals surface area (Å²) in [7, 11) is -7.10. The number of hydrogen-bond acceptors (Lipinski definition) is 11. The van der Waals surface area contributed by atoms with Crippen molar-refractivity contribution in [3.05, 3.63) is 46.5 Å². The monoisotopic (exact) mass is 793 g/mol. The van der Waals surface area contributed by atoms with Gasteiger partial charge in [-0.2, -0.15) is 4.31 Å². The van der Waals surface area contributed by atoms with E-state index in [1.165, 1.54) is 17.0 Å².